The molecule has 3 rings (SSSR count). The maximum absolute atomic E-state index is 12.1. The van der Waals surface area contributed by atoms with E-state index in [2.05, 4.69) is 10.3 Å². The summed E-state index contributed by atoms with van der Waals surface area (Å²) in [6.45, 7) is 2.57. The predicted octanol–water partition coefficient (Wildman–Crippen LogP) is 3.60. The molecule has 1 amide bonds. The fourth-order valence-electron chi connectivity index (χ4n) is 2.78. The number of carbonyl (C=O) groups is 1. The fourth-order valence-corrected chi connectivity index (χ4v) is 2.78. The van der Waals surface area contributed by atoms with Crippen molar-refractivity contribution in [2.24, 2.45) is 4.99 Å². The summed E-state index contributed by atoms with van der Waals surface area (Å²) in [5.74, 6) is 2.17. The Morgan fingerprint density at radius 2 is 1.85 bits per heavy atom. The lowest BCUT2D eigenvalue weighted by Crippen LogP contribution is -2.24. The zero-order chi connectivity index (χ0) is 18.4. The number of amides is 1. The summed E-state index contributed by atoms with van der Waals surface area (Å²) >= 11 is 0. The smallest absolute Gasteiger partial charge is 0.275 e. The zero-order valence-electron chi connectivity index (χ0n) is 15.0. The van der Waals surface area contributed by atoms with Crippen molar-refractivity contribution in [1.82, 2.24) is 5.32 Å². The number of carbonyl (C=O) groups excluding carboxylic acids is 1. The number of nitrogens with zero attached hydrogens (tertiary/aromatic N) is 1. The van der Waals surface area contributed by atoms with E-state index in [0.717, 1.165) is 29.0 Å². The normalized spacial score (nSPS) is 14.9. The first-order chi connectivity index (χ1) is 12.7. The standard InChI is InChI=1S/C21H22N2O3/c1-3-26-17-11-8-15(9-12-17)14-18-21(24)23-20(22-18)13-10-16-6-4-5-7-19(16)25-2/h4-9,11-12,14H,3,10,13H2,1-2H3,(H,22,23,24)/b18-14+. The molecular weight excluding hydrogens is 328 g/mol. The molecule has 0 fully saturated rings. The van der Waals surface area contributed by atoms with Crippen molar-refractivity contribution in [2.45, 2.75) is 19.8 Å². The maximum Gasteiger partial charge on any atom is 0.275 e. The van der Waals surface area contributed by atoms with Crippen LogP contribution in [0.3, 0.4) is 0 Å². The van der Waals surface area contributed by atoms with Gasteiger partial charge in [0.25, 0.3) is 5.91 Å². The molecule has 1 N–H and O–H groups in total. The van der Waals surface area contributed by atoms with Crippen molar-refractivity contribution >= 4 is 17.8 Å². The van der Waals surface area contributed by atoms with Crippen LogP contribution in [0.15, 0.2) is 59.2 Å². The van der Waals surface area contributed by atoms with Crippen LogP contribution in [-0.2, 0) is 11.2 Å². The largest absolute Gasteiger partial charge is 0.496 e. The van der Waals surface area contributed by atoms with E-state index in [1.54, 1.807) is 13.2 Å². The van der Waals surface area contributed by atoms with Gasteiger partial charge in [-0.25, -0.2) is 4.99 Å². The second-order valence-corrected chi connectivity index (χ2v) is 5.86. The molecule has 5 nitrogen and oxygen atoms in total. The van der Waals surface area contributed by atoms with Gasteiger partial charge in [-0.05, 0) is 48.7 Å². The number of methoxy groups -OCH3 is 1. The molecule has 0 saturated heterocycles. The molecule has 0 atom stereocenters. The van der Waals surface area contributed by atoms with Gasteiger partial charge in [-0.3, -0.25) is 4.79 Å². The highest BCUT2D eigenvalue weighted by molar-refractivity contribution is 6.14. The lowest BCUT2D eigenvalue weighted by molar-refractivity contribution is -0.115. The minimum atomic E-state index is -0.172. The van der Waals surface area contributed by atoms with Crippen molar-refractivity contribution in [2.75, 3.05) is 13.7 Å². The van der Waals surface area contributed by atoms with Gasteiger partial charge in [0, 0.05) is 6.42 Å². The van der Waals surface area contributed by atoms with E-state index in [1.807, 2.05) is 55.5 Å². The second kappa shape index (κ2) is 8.34. The number of aliphatic imine (C=N–C) groups is 1. The van der Waals surface area contributed by atoms with E-state index >= 15 is 0 Å². The number of amidine groups is 1. The van der Waals surface area contributed by atoms with E-state index in [1.165, 1.54) is 0 Å². The molecule has 134 valence electrons. The molecule has 0 bridgehead atoms. The Kier molecular flexibility index (Phi) is 5.69. The molecule has 0 unspecified atom stereocenters. The number of ether oxygens (including phenoxy) is 2. The van der Waals surface area contributed by atoms with Gasteiger partial charge in [0.1, 0.15) is 23.0 Å². The summed E-state index contributed by atoms with van der Waals surface area (Å²) in [4.78, 5) is 16.6. The van der Waals surface area contributed by atoms with Crippen LogP contribution in [-0.4, -0.2) is 25.5 Å². The molecule has 26 heavy (non-hydrogen) atoms. The van der Waals surface area contributed by atoms with Crippen molar-refractivity contribution in [3.8, 4) is 11.5 Å². The second-order valence-electron chi connectivity index (χ2n) is 5.86. The summed E-state index contributed by atoms with van der Waals surface area (Å²) < 4.78 is 10.8. The van der Waals surface area contributed by atoms with Gasteiger partial charge in [-0.2, -0.15) is 0 Å². The van der Waals surface area contributed by atoms with Crippen LogP contribution < -0.4 is 14.8 Å². The monoisotopic (exact) mass is 350 g/mol. The van der Waals surface area contributed by atoms with Crippen LogP contribution in [0.4, 0.5) is 0 Å². The third-order valence-corrected chi connectivity index (χ3v) is 4.06. The number of hydrogen-bond donors (Lipinski definition) is 1. The van der Waals surface area contributed by atoms with E-state index in [4.69, 9.17) is 9.47 Å². The third-order valence-electron chi connectivity index (χ3n) is 4.06. The topological polar surface area (TPSA) is 59.9 Å². The van der Waals surface area contributed by atoms with Crippen LogP contribution in [0.25, 0.3) is 6.08 Å². The average molecular weight is 350 g/mol. The van der Waals surface area contributed by atoms with Crippen molar-refractivity contribution < 1.29 is 14.3 Å². The summed E-state index contributed by atoms with van der Waals surface area (Å²) in [5, 5.41) is 2.84. The zero-order valence-corrected chi connectivity index (χ0v) is 15.0. The minimum Gasteiger partial charge on any atom is -0.496 e. The van der Waals surface area contributed by atoms with Gasteiger partial charge < -0.3 is 14.8 Å². The maximum atomic E-state index is 12.1. The predicted molar refractivity (Wildman–Crippen MR) is 102 cm³/mol. The molecule has 0 aliphatic carbocycles. The first kappa shape index (κ1) is 17.7. The Balaban J connectivity index is 1.68. The third kappa shape index (κ3) is 4.30. The lowest BCUT2D eigenvalue weighted by atomic mass is 10.1. The van der Waals surface area contributed by atoms with Gasteiger partial charge in [0.15, 0.2) is 0 Å². The molecule has 0 radical (unpaired) electrons. The molecule has 2 aromatic carbocycles. The van der Waals surface area contributed by atoms with Gasteiger partial charge in [-0.1, -0.05) is 30.3 Å². The Morgan fingerprint density at radius 1 is 1.08 bits per heavy atom. The quantitative estimate of drug-likeness (QED) is 0.776. The van der Waals surface area contributed by atoms with Gasteiger partial charge in [0.05, 0.1) is 13.7 Å². The minimum absolute atomic E-state index is 0.172. The number of aryl methyl sites for hydroxylation is 1. The van der Waals surface area contributed by atoms with Gasteiger partial charge >= 0.3 is 0 Å². The first-order valence-corrected chi connectivity index (χ1v) is 8.65. The Morgan fingerprint density at radius 3 is 2.58 bits per heavy atom. The van der Waals surface area contributed by atoms with Gasteiger partial charge in [-0.15, -0.1) is 0 Å². The average Bonchev–Trinajstić information content (AvgIpc) is 3.01. The van der Waals surface area contributed by atoms with Gasteiger partial charge in [0.2, 0.25) is 0 Å². The van der Waals surface area contributed by atoms with E-state index < -0.39 is 0 Å². The molecule has 1 heterocycles. The molecule has 0 aromatic heterocycles. The molecule has 0 saturated carbocycles. The summed E-state index contributed by atoms with van der Waals surface area (Å²) in [6, 6.07) is 15.5. The molecular formula is C21H22N2O3. The van der Waals surface area contributed by atoms with Crippen LogP contribution in [0.1, 0.15) is 24.5 Å². The van der Waals surface area contributed by atoms with Crippen LogP contribution in [0, 0.1) is 0 Å². The van der Waals surface area contributed by atoms with E-state index in [-0.39, 0.29) is 5.91 Å². The van der Waals surface area contributed by atoms with Crippen LogP contribution in [0.5, 0.6) is 11.5 Å². The molecule has 5 heteroatoms. The Bertz CT molecular complexity index is 839. The van der Waals surface area contributed by atoms with E-state index in [9.17, 15) is 4.79 Å². The number of para-hydroxylation sites is 1. The van der Waals surface area contributed by atoms with E-state index in [0.29, 0.717) is 24.6 Å². The SMILES string of the molecule is CCOc1ccc(/C=C2/N=C(CCc3ccccc3OC)NC2=O)cc1. The number of hydrogen-bond acceptors (Lipinski definition) is 4. The summed E-state index contributed by atoms with van der Waals surface area (Å²) in [7, 11) is 1.66. The van der Waals surface area contributed by atoms with Crippen molar-refractivity contribution in [3.63, 3.8) is 0 Å². The highest BCUT2D eigenvalue weighted by Gasteiger charge is 2.20. The molecule has 0 spiro atoms. The number of benzene rings is 2. The van der Waals surface area contributed by atoms with Crippen molar-refractivity contribution in [3.05, 3.63) is 65.4 Å². The highest BCUT2D eigenvalue weighted by Crippen LogP contribution is 2.21. The summed E-state index contributed by atoms with van der Waals surface area (Å²) in [5.41, 5.74) is 2.42. The highest BCUT2D eigenvalue weighted by atomic mass is 16.5. The molecule has 1 aliphatic rings. The Labute approximate surface area is 153 Å². The van der Waals surface area contributed by atoms with Crippen molar-refractivity contribution in [1.29, 1.82) is 0 Å². The molecule has 1 aliphatic heterocycles. The first-order valence-electron chi connectivity index (χ1n) is 8.65. The van der Waals surface area contributed by atoms with Crippen LogP contribution in [0.2, 0.25) is 0 Å². The number of rotatable bonds is 7. The fraction of sp³-hybridized carbons (Fsp3) is 0.238. The lowest BCUT2D eigenvalue weighted by Gasteiger charge is -2.07. The van der Waals surface area contributed by atoms with Crippen LogP contribution >= 0.6 is 0 Å². The number of nitrogens with one attached hydrogen (secondary N) is 1. The summed E-state index contributed by atoms with van der Waals surface area (Å²) in [6.07, 6.45) is 3.17. The molecule has 2 aromatic rings. The Hall–Kier alpha value is -3.08.